The highest BCUT2D eigenvalue weighted by atomic mass is 28.3. The summed E-state index contributed by atoms with van der Waals surface area (Å²) in [5, 5.41) is 1.20. The van der Waals surface area contributed by atoms with E-state index in [1.807, 2.05) is 18.2 Å². The lowest BCUT2D eigenvalue weighted by molar-refractivity contribution is 0.207. The van der Waals surface area contributed by atoms with Gasteiger partial charge in [0, 0.05) is 13.2 Å². The lowest BCUT2D eigenvalue weighted by atomic mass is 10.2. The van der Waals surface area contributed by atoms with E-state index in [4.69, 9.17) is 8.85 Å². The first-order chi connectivity index (χ1) is 8.33. The molecule has 94 valence electrons. The molecule has 0 radical (unpaired) electrons. The Bertz CT molecular complexity index is 331. The molecule has 0 heterocycles. The van der Waals surface area contributed by atoms with Crippen LogP contribution in [0.2, 0.25) is 0 Å². The Hall–Kier alpha value is -0.903. The van der Waals surface area contributed by atoms with E-state index < -0.39 is 9.28 Å². The maximum atomic E-state index is 5.89. The molecule has 0 saturated heterocycles. The lowest BCUT2D eigenvalue weighted by Gasteiger charge is -2.18. The van der Waals surface area contributed by atoms with E-state index in [1.54, 1.807) is 0 Å². The van der Waals surface area contributed by atoms with Crippen LogP contribution in [0.15, 0.2) is 30.8 Å². The molecule has 0 aliphatic carbocycles. The second-order valence-corrected chi connectivity index (χ2v) is 5.86. The summed E-state index contributed by atoms with van der Waals surface area (Å²) < 4.78 is 11.8. The highest BCUT2D eigenvalue weighted by Gasteiger charge is 2.18. The molecule has 0 aromatic heterocycles. The van der Waals surface area contributed by atoms with Gasteiger partial charge in [0.1, 0.15) is 0 Å². The van der Waals surface area contributed by atoms with Gasteiger partial charge in [0.05, 0.1) is 0 Å². The Balaban J connectivity index is 2.82. The minimum atomic E-state index is -1.76. The molecule has 0 unspecified atom stereocenters. The van der Waals surface area contributed by atoms with Crippen molar-refractivity contribution in [1.29, 1.82) is 0 Å². The Morgan fingerprint density at radius 3 is 2.24 bits per heavy atom. The summed E-state index contributed by atoms with van der Waals surface area (Å²) in [6.07, 6.45) is 3.92. The predicted octanol–water partition coefficient (Wildman–Crippen LogP) is 2.61. The van der Waals surface area contributed by atoms with Gasteiger partial charge in [-0.1, -0.05) is 50.8 Å². The topological polar surface area (TPSA) is 18.5 Å². The Labute approximate surface area is 106 Å². The van der Waals surface area contributed by atoms with Gasteiger partial charge in [-0.3, -0.25) is 0 Å². The molecule has 17 heavy (non-hydrogen) atoms. The van der Waals surface area contributed by atoms with E-state index in [0.717, 1.165) is 31.6 Å². The zero-order valence-electron chi connectivity index (χ0n) is 10.8. The van der Waals surface area contributed by atoms with E-state index in [9.17, 15) is 0 Å². The third kappa shape index (κ3) is 4.46. The van der Waals surface area contributed by atoms with Crippen LogP contribution in [-0.2, 0) is 8.85 Å². The smallest absolute Gasteiger partial charge is 0.356 e. The van der Waals surface area contributed by atoms with E-state index in [0.29, 0.717) is 0 Å². The molecule has 0 aliphatic rings. The van der Waals surface area contributed by atoms with Crippen LogP contribution in [0.1, 0.15) is 32.3 Å². The van der Waals surface area contributed by atoms with E-state index >= 15 is 0 Å². The molecule has 0 fully saturated rings. The molecule has 1 aromatic rings. The standard InChI is InChI=1S/C14H22O2Si/c1-4-11-15-17(16-12-5-2)14-10-8-7-9-13(14)6-3/h6-10,17H,3-5,11-12H2,1-2H3. The third-order valence-corrected chi connectivity index (χ3v) is 4.53. The van der Waals surface area contributed by atoms with Crippen LogP contribution in [-0.4, -0.2) is 22.5 Å². The van der Waals surface area contributed by atoms with Crippen molar-refractivity contribution in [2.75, 3.05) is 13.2 Å². The second-order valence-electron chi connectivity index (χ2n) is 3.91. The molecule has 0 aliphatic heterocycles. The summed E-state index contributed by atoms with van der Waals surface area (Å²) in [4.78, 5) is 0. The van der Waals surface area contributed by atoms with Crippen LogP contribution in [0.3, 0.4) is 0 Å². The molecule has 1 rings (SSSR count). The van der Waals surface area contributed by atoms with Gasteiger partial charge in [0.25, 0.3) is 0 Å². The minimum Gasteiger partial charge on any atom is -0.393 e. The molecule has 0 spiro atoms. The Morgan fingerprint density at radius 1 is 1.12 bits per heavy atom. The van der Waals surface area contributed by atoms with Crippen LogP contribution in [0, 0.1) is 0 Å². The average Bonchev–Trinajstić information content (AvgIpc) is 2.39. The summed E-state index contributed by atoms with van der Waals surface area (Å²) in [6, 6.07) is 8.21. The van der Waals surface area contributed by atoms with E-state index in [1.165, 1.54) is 5.19 Å². The number of rotatable bonds is 8. The lowest BCUT2D eigenvalue weighted by Crippen LogP contribution is -2.39. The Kier molecular flexibility index (Phi) is 6.85. The average molecular weight is 250 g/mol. The van der Waals surface area contributed by atoms with Crippen molar-refractivity contribution in [3.8, 4) is 0 Å². The molecule has 0 N–H and O–H groups in total. The van der Waals surface area contributed by atoms with Crippen LogP contribution < -0.4 is 5.19 Å². The van der Waals surface area contributed by atoms with Crippen LogP contribution >= 0.6 is 0 Å². The summed E-state index contributed by atoms with van der Waals surface area (Å²) in [5.41, 5.74) is 1.14. The van der Waals surface area contributed by atoms with Gasteiger partial charge >= 0.3 is 9.28 Å². The SMILES string of the molecule is C=Cc1ccccc1[SiH](OCCC)OCCC. The molecule has 1 aromatic carbocycles. The number of hydrogen-bond donors (Lipinski definition) is 0. The van der Waals surface area contributed by atoms with Crippen molar-refractivity contribution in [3.05, 3.63) is 36.4 Å². The first-order valence-corrected chi connectivity index (χ1v) is 7.80. The van der Waals surface area contributed by atoms with Crippen molar-refractivity contribution in [2.45, 2.75) is 26.7 Å². The maximum absolute atomic E-state index is 5.89. The number of hydrogen-bond acceptors (Lipinski definition) is 2. The first kappa shape index (κ1) is 14.2. The molecular weight excluding hydrogens is 228 g/mol. The molecule has 0 bridgehead atoms. The van der Waals surface area contributed by atoms with Gasteiger partial charge in [-0.25, -0.2) is 0 Å². The van der Waals surface area contributed by atoms with Crippen molar-refractivity contribution in [3.63, 3.8) is 0 Å². The van der Waals surface area contributed by atoms with Crippen molar-refractivity contribution < 1.29 is 8.85 Å². The van der Waals surface area contributed by atoms with E-state index in [2.05, 4.69) is 32.6 Å². The molecule has 2 nitrogen and oxygen atoms in total. The van der Waals surface area contributed by atoms with Gasteiger partial charge in [-0.15, -0.1) is 0 Å². The minimum absolute atomic E-state index is 0.770. The van der Waals surface area contributed by atoms with Crippen molar-refractivity contribution in [2.24, 2.45) is 0 Å². The monoisotopic (exact) mass is 250 g/mol. The predicted molar refractivity (Wildman–Crippen MR) is 75.8 cm³/mol. The fraction of sp³-hybridized carbons (Fsp3) is 0.429. The van der Waals surface area contributed by atoms with Crippen molar-refractivity contribution in [1.82, 2.24) is 0 Å². The fourth-order valence-corrected chi connectivity index (χ4v) is 3.70. The van der Waals surface area contributed by atoms with Gasteiger partial charge in [0.2, 0.25) is 0 Å². The second kappa shape index (κ2) is 8.23. The van der Waals surface area contributed by atoms with Crippen molar-refractivity contribution >= 4 is 20.5 Å². The summed E-state index contributed by atoms with van der Waals surface area (Å²) in [7, 11) is -1.76. The molecule has 3 heteroatoms. The first-order valence-electron chi connectivity index (χ1n) is 6.28. The van der Waals surface area contributed by atoms with Gasteiger partial charge in [-0.05, 0) is 23.6 Å². The summed E-state index contributed by atoms with van der Waals surface area (Å²) in [5.74, 6) is 0. The number of benzene rings is 1. The van der Waals surface area contributed by atoms with E-state index in [-0.39, 0.29) is 0 Å². The zero-order valence-corrected chi connectivity index (χ0v) is 12.0. The largest absolute Gasteiger partial charge is 0.393 e. The highest BCUT2D eigenvalue weighted by Crippen LogP contribution is 2.03. The van der Waals surface area contributed by atoms with Crippen LogP contribution in [0.4, 0.5) is 0 Å². The third-order valence-electron chi connectivity index (χ3n) is 2.42. The molecular formula is C14H22O2Si. The quantitative estimate of drug-likeness (QED) is 0.660. The van der Waals surface area contributed by atoms with Gasteiger partial charge in [0.15, 0.2) is 0 Å². The summed E-state index contributed by atoms with van der Waals surface area (Å²) >= 11 is 0. The zero-order chi connectivity index (χ0) is 12.5. The van der Waals surface area contributed by atoms with Crippen LogP contribution in [0.5, 0.6) is 0 Å². The highest BCUT2D eigenvalue weighted by molar-refractivity contribution is 6.62. The molecule has 0 atom stereocenters. The van der Waals surface area contributed by atoms with Gasteiger partial charge < -0.3 is 8.85 Å². The fourth-order valence-electron chi connectivity index (χ4n) is 1.59. The Morgan fingerprint density at radius 2 is 1.71 bits per heavy atom. The normalized spacial score (nSPS) is 10.8. The summed E-state index contributed by atoms with van der Waals surface area (Å²) in [6.45, 7) is 9.62. The van der Waals surface area contributed by atoms with Gasteiger partial charge in [-0.2, -0.15) is 0 Å². The van der Waals surface area contributed by atoms with Crippen LogP contribution in [0.25, 0.3) is 6.08 Å². The molecule has 0 amide bonds. The molecule has 0 saturated carbocycles. The maximum Gasteiger partial charge on any atom is 0.356 e.